The van der Waals surface area contributed by atoms with Crippen LogP contribution in [0, 0.1) is 0 Å². The smallest absolute Gasteiger partial charge is 0.436 e. The molecule has 0 fully saturated rings. The number of fused-ring (bicyclic) bond motifs is 1. The van der Waals surface area contributed by atoms with Gasteiger partial charge in [0.05, 0.1) is 6.20 Å². The Hall–Kier alpha value is -3.11. The van der Waals surface area contributed by atoms with E-state index < -0.39 is 23.4 Å². The summed E-state index contributed by atoms with van der Waals surface area (Å²) in [4.78, 5) is 36.6. The number of rotatable bonds is 4. The van der Waals surface area contributed by atoms with E-state index >= 15 is 0 Å². The van der Waals surface area contributed by atoms with Crippen molar-refractivity contribution >= 4 is 25.4 Å². The second-order valence-electron chi connectivity index (χ2n) is 6.27. The number of hydrogen-bond acceptors (Lipinski definition) is 5. The van der Waals surface area contributed by atoms with Crippen molar-refractivity contribution in [3.8, 4) is 0 Å². The van der Waals surface area contributed by atoms with Crippen LogP contribution in [0.4, 0.5) is 18.9 Å². The Balaban J connectivity index is 1.79. The van der Waals surface area contributed by atoms with Crippen molar-refractivity contribution in [1.29, 1.82) is 0 Å². The summed E-state index contributed by atoms with van der Waals surface area (Å²) in [6.07, 6.45) is -3.40. The molecule has 0 saturated carbocycles. The number of halogens is 3. The van der Waals surface area contributed by atoms with Gasteiger partial charge >= 0.3 is 12.1 Å². The highest BCUT2D eigenvalue weighted by molar-refractivity contribution is 6.15. The van der Waals surface area contributed by atoms with Crippen molar-refractivity contribution < 1.29 is 22.8 Å². The minimum Gasteiger partial charge on any atom is -0.436 e. The van der Waals surface area contributed by atoms with Crippen LogP contribution < -0.4 is 10.8 Å². The number of ketones is 1. The Bertz CT molecular complexity index is 990. The van der Waals surface area contributed by atoms with Gasteiger partial charge < -0.3 is 10.1 Å². The van der Waals surface area contributed by atoms with Gasteiger partial charge in [0, 0.05) is 30.4 Å². The Morgan fingerprint density at radius 1 is 1.21 bits per heavy atom. The number of carbonyl (C=O) groups excluding carboxylic acids is 2. The summed E-state index contributed by atoms with van der Waals surface area (Å²) >= 11 is 0. The summed E-state index contributed by atoms with van der Waals surface area (Å²) in [6.45, 7) is -0.614. The zero-order chi connectivity index (χ0) is 20.5. The lowest BCUT2D eigenvalue weighted by molar-refractivity contribution is -0.186. The third kappa shape index (κ3) is 4.08. The molecule has 2 heterocycles. The first-order chi connectivity index (χ1) is 13.2. The average molecular weight is 390 g/mol. The van der Waals surface area contributed by atoms with E-state index in [1.54, 1.807) is 12.1 Å². The van der Waals surface area contributed by atoms with E-state index in [0.29, 0.717) is 10.5 Å². The molecule has 144 valence electrons. The minimum atomic E-state index is -4.94. The lowest BCUT2D eigenvalue weighted by Crippen LogP contribution is -2.43. The number of benzene rings is 1. The van der Waals surface area contributed by atoms with Crippen LogP contribution in [0.25, 0.3) is 0 Å². The van der Waals surface area contributed by atoms with Gasteiger partial charge in [0.25, 0.3) is 5.56 Å². The zero-order valence-corrected chi connectivity index (χ0v) is 14.5. The number of aromatic nitrogens is 2. The van der Waals surface area contributed by atoms with E-state index in [1.165, 1.54) is 18.3 Å². The molecular weight excluding hydrogens is 376 g/mol. The SMILES string of the molecule is [B]Nc1cnn(CC(=O)c2ccc3c(c2)CN(C(=O)C(F)(F)F)CC3)c(=O)c1. The molecule has 2 aromatic rings. The molecule has 7 nitrogen and oxygen atoms in total. The Labute approximate surface area is 158 Å². The third-order valence-electron chi connectivity index (χ3n) is 4.40. The molecule has 1 amide bonds. The van der Waals surface area contributed by atoms with E-state index in [4.69, 9.17) is 7.98 Å². The molecule has 1 N–H and O–H groups in total. The number of alkyl halides is 3. The number of hydrogen-bond donors (Lipinski definition) is 1. The molecule has 0 saturated heterocycles. The van der Waals surface area contributed by atoms with Crippen molar-refractivity contribution in [2.45, 2.75) is 25.7 Å². The number of nitrogens with one attached hydrogen (secondary N) is 1. The summed E-state index contributed by atoms with van der Waals surface area (Å²) in [6, 6.07) is 5.82. The van der Waals surface area contributed by atoms with E-state index in [9.17, 15) is 27.6 Å². The summed E-state index contributed by atoms with van der Waals surface area (Å²) in [5.41, 5.74) is 1.21. The van der Waals surface area contributed by atoms with Crippen molar-refractivity contribution in [3.63, 3.8) is 0 Å². The first kappa shape index (κ1) is 19.7. The summed E-state index contributed by atoms with van der Waals surface area (Å²) in [7, 11) is 5.18. The van der Waals surface area contributed by atoms with Gasteiger partial charge in [0.2, 0.25) is 7.98 Å². The minimum absolute atomic E-state index is 0.0422. The van der Waals surface area contributed by atoms with Gasteiger partial charge in [-0.25, -0.2) is 4.68 Å². The van der Waals surface area contributed by atoms with Crippen molar-refractivity contribution in [1.82, 2.24) is 14.7 Å². The highest BCUT2D eigenvalue weighted by Crippen LogP contribution is 2.25. The molecule has 0 spiro atoms. The molecule has 3 rings (SSSR count). The number of Topliss-reactive ketones (excluding diaryl/α,β-unsaturated/α-hetero) is 1. The first-order valence-electron chi connectivity index (χ1n) is 8.24. The molecule has 11 heteroatoms. The van der Waals surface area contributed by atoms with E-state index in [-0.39, 0.29) is 37.3 Å². The fourth-order valence-corrected chi connectivity index (χ4v) is 2.94. The van der Waals surface area contributed by atoms with Crippen LogP contribution >= 0.6 is 0 Å². The lowest BCUT2D eigenvalue weighted by atomic mass is 9.96. The monoisotopic (exact) mass is 390 g/mol. The maximum absolute atomic E-state index is 12.7. The van der Waals surface area contributed by atoms with Gasteiger partial charge in [-0.2, -0.15) is 18.3 Å². The van der Waals surface area contributed by atoms with Crippen molar-refractivity contribution in [2.75, 3.05) is 11.8 Å². The summed E-state index contributed by atoms with van der Waals surface area (Å²) in [5, 5.41) is 6.09. The normalized spacial score (nSPS) is 13.8. The fraction of sp³-hybridized carbons (Fsp3) is 0.294. The molecule has 0 unspecified atom stereocenters. The second-order valence-corrected chi connectivity index (χ2v) is 6.27. The fourth-order valence-electron chi connectivity index (χ4n) is 2.94. The Morgan fingerprint density at radius 3 is 2.61 bits per heavy atom. The van der Waals surface area contributed by atoms with Crippen molar-refractivity contribution in [2.24, 2.45) is 0 Å². The van der Waals surface area contributed by atoms with Crippen LogP contribution in [0.15, 0.2) is 35.3 Å². The highest BCUT2D eigenvalue weighted by Gasteiger charge is 2.43. The van der Waals surface area contributed by atoms with Crippen molar-refractivity contribution in [3.05, 3.63) is 57.5 Å². The predicted molar refractivity (Wildman–Crippen MR) is 93.8 cm³/mol. The number of nitrogens with zero attached hydrogens (tertiary/aromatic N) is 3. The first-order valence-corrected chi connectivity index (χ1v) is 8.24. The van der Waals surface area contributed by atoms with Gasteiger partial charge in [0.1, 0.15) is 6.54 Å². The van der Waals surface area contributed by atoms with Gasteiger partial charge in [-0.05, 0) is 23.6 Å². The molecule has 1 aliphatic heterocycles. The topological polar surface area (TPSA) is 84.3 Å². The van der Waals surface area contributed by atoms with Crippen LogP contribution in [0.3, 0.4) is 0 Å². The Kier molecular flexibility index (Phi) is 5.26. The maximum atomic E-state index is 12.7. The van der Waals surface area contributed by atoms with E-state index in [0.717, 1.165) is 10.2 Å². The molecule has 1 aromatic heterocycles. The Morgan fingerprint density at radius 2 is 1.96 bits per heavy atom. The number of amides is 1. The lowest BCUT2D eigenvalue weighted by Gasteiger charge is -2.29. The molecule has 0 atom stereocenters. The summed E-state index contributed by atoms with van der Waals surface area (Å²) < 4.78 is 38.9. The molecular formula is C17H14BF3N4O3. The van der Waals surface area contributed by atoms with Gasteiger partial charge in [0.15, 0.2) is 5.78 Å². The van der Waals surface area contributed by atoms with E-state index in [1.807, 2.05) is 0 Å². The quantitative estimate of drug-likeness (QED) is 0.624. The highest BCUT2D eigenvalue weighted by atomic mass is 19.4. The molecule has 2 radical (unpaired) electrons. The molecule has 0 bridgehead atoms. The van der Waals surface area contributed by atoms with Gasteiger partial charge in [-0.3, -0.25) is 14.4 Å². The third-order valence-corrected chi connectivity index (χ3v) is 4.40. The largest absolute Gasteiger partial charge is 0.471 e. The number of carbonyl (C=O) groups is 2. The second kappa shape index (κ2) is 7.49. The van der Waals surface area contributed by atoms with Crippen LogP contribution in [-0.4, -0.2) is 47.1 Å². The zero-order valence-electron chi connectivity index (χ0n) is 14.5. The number of anilines is 1. The van der Waals surface area contributed by atoms with Gasteiger partial charge in [-0.15, -0.1) is 0 Å². The molecule has 1 aliphatic rings. The van der Waals surface area contributed by atoms with E-state index in [2.05, 4.69) is 10.3 Å². The van der Waals surface area contributed by atoms with Gasteiger partial charge in [-0.1, -0.05) is 12.1 Å². The molecule has 1 aromatic carbocycles. The summed E-state index contributed by atoms with van der Waals surface area (Å²) in [5.74, 6) is -2.34. The standard InChI is InChI=1S/C17H14BF3N4O3/c18-23-13-6-15(27)25(22-7-13)9-14(26)11-2-1-10-3-4-24(8-12(10)5-11)16(28)17(19,20)21/h1-2,5-7,23H,3-4,8-9H2. The molecule has 28 heavy (non-hydrogen) atoms. The van der Waals surface area contributed by atoms with Crippen LogP contribution in [0.2, 0.25) is 0 Å². The maximum Gasteiger partial charge on any atom is 0.471 e. The van der Waals surface area contributed by atoms with Crippen LogP contribution in [0.5, 0.6) is 0 Å². The van der Waals surface area contributed by atoms with Crippen LogP contribution in [0.1, 0.15) is 21.5 Å². The predicted octanol–water partition coefficient (Wildman–Crippen LogP) is 1.07. The molecule has 0 aliphatic carbocycles. The van der Waals surface area contributed by atoms with Crippen LogP contribution in [-0.2, 0) is 24.3 Å². The average Bonchev–Trinajstić information content (AvgIpc) is 2.67.